The number of carbonyl (C=O) groups excluding carboxylic acids is 1. The molecule has 0 radical (unpaired) electrons. The molecule has 1 fully saturated rings. The summed E-state index contributed by atoms with van der Waals surface area (Å²) in [5.41, 5.74) is 6.30. The molecule has 1 aliphatic heterocycles. The average molecular weight is 266 g/mol. The van der Waals surface area contributed by atoms with Crippen molar-refractivity contribution in [2.24, 2.45) is 5.73 Å². The predicted molar refractivity (Wildman–Crippen MR) is 69.9 cm³/mol. The van der Waals surface area contributed by atoms with Crippen LogP contribution in [-0.4, -0.2) is 36.5 Å². The molecule has 4 nitrogen and oxygen atoms in total. The summed E-state index contributed by atoms with van der Waals surface area (Å²) in [6, 6.07) is 6.21. The maximum atomic E-state index is 12.9. The van der Waals surface area contributed by atoms with Crippen LogP contribution in [0.2, 0.25) is 0 Å². The van der Waals surface area contributed by atoms with Crippen molar-refractivity contribution >= 4 is 5.91 Å². The Morgan fingerprint density at radius 1 is 1.42 bits per heavy atom. The van der Waals surface area contributed by atoms with Crippen LogP contribution in [0.3, 0.4) is 0 Å². The lowest BCUT2D eigenvalue weighted by Gasteiger charge is -2.37. The molecule has 1 amide bonds. The number of ether oxygens (including phenoxy) is 1. The Balaban J connectivity index is 2.09. The number of hydrogen-bond acceptors (Lipinski definition) is 3. The number of hydrogen-bond donors (Lipinski definition) is 1. The summed E-state index contributed by atoms with van der Waals surface area (Å²) in [7, 11) is 0. The highest BCUT2D eigenvalue weighted by molar-refractivity contribution is 5.76. The number of morpholine rings is 1. The Labute approximate surface area is 112 Å². The first-order chi connectivity index (χ1) is 9.10. The normalized spacial score (nSPS) is 23.4. The largest absolute Gasteiger partial charge is 0.367 e. The van der Waals surface area contributed by atoms with Crippen LogP contribution >= 0.6 is 0 Å². The molecule has 2 N–H and O–H groups in total. The molecule has 0 spiro atoms. The minimum absolute atomic E-state index is 0.0365. The van der Waals surface area contributed by atoms with Crippen molar-refractivity contribution in [3.05, 3.63) is 35.6 Å². The van der Waals surface area contributed by atoms with E-state index in [-0.39, 0.29) is 23.9 Å². The molecule has 104 valence electrons. The van der Waals surface area contributed by atoms with Crippen LogP contribution in [0.4, 0.5) is 4.39 Å². The topological polar surface area (TPSA) is 55.6 Å². The molecule has 2 atom stereocenters. The zero-order chi connectivity index (χ0) is 13.8. The lowest BCUT2D eigenvalue weighted by atomic mass is 10.1. The van der Waals surface area contributed by atoms with E-state index in [4.69, 9.17) is 10.5 Å². The highest BCUT2D eigenvalue weighted by Gasteiger charge is 2.28. The molecule has 0 bridgehead atoms. The lowest BCUT2D eigenvalue weighted by molar-refractivity contribution is -0.144. The predicted octanol–water partition coefficient (Wildman–Crippen LogP) is 1.46. The zero-order valence-corrected chi connectivity index (χ0v) is 11.0. The number of amides is 1. The van der Waals surface area contributed by atoms with Crippen LogP contribution in [-0.2, 0) is 9.53 Å². The van der Waals surface area contributed by atoms with E-state index in [1.807, 2.05) is 6.92 Å². The third-order valence-corrected chi connectivity index (χ3v) is 3.21. The second kappa shape index (κ2) is 6.12. The molecule has 1 aliphatic rings. The van der Waals surface area contributed by atoms with Crippen molar-refractivity contribution in [2.75, 3.05) is 19.6 Å². The molecule has 5 heteroatoms. The minimum atomic E-state index is -0.274. The van der Waals surface area contributed by atoms with Gasteiger partial charge >= 0.3 is 0 Å². The molecule has 1 aromatic rings. The molecule has 1 saturated heterocycles. The molecule has 0 saturated carbocycles. The van der Waals surface area contributed by atoms with E-state index in [2.05, 4.69) is 0 Å². The Morgan fingerprint density at radius 2 is 2.11 bits per heavy atom. The number of nitrogens with zero attached hydrogens (tertiary/aromatic N) is 1. The average Bonchev–Trinajstić information content (AvgIpc) is 2.39. The number of nitrogens with two attached hydrogens (primary N) is 1. The fraction of sp³-hybridized carbons (Fsp3) is 0.500. The summed E-state index contributed by atoms with van der Waals surface area (Å²) in [5.74, 6) is -0.228. The Kier molecular flexibility index (Phi) is 4.50. The van der Waals surface area contributed by atoms with Gasteiger partial charge in [0.25, 0.3) is 0 Å². The third kappa shape index (κ3) is 3.52. The molecule has 2 rings (SSSR count). The Hall–Kier alpha value is -1.46. The zero-order valence-electron chi connectivity index (χ0n) is 11.0. The van der Waals surface area contributed by atoms with Crippen LogP contribution in [0.15, 0.2) is 24.3 Å². The summed E-state index contributed by atoms with van der Waals surface area (Å²) in [5, 5.41) is 0. The van der Waals surface area contributed by atoms with Gasteiger partial charge in [-0.05, 0) is 24.6 Å². The standard InChI is InChI=1S/C14H19FN2O2/c1-10-8-17(14(18)6-7-16)9-13(19-10)11-2-4-12(15)5-3-11/h2-5,10,13H,6-9,16H2,1H3/t10-,13-/m1/s1. The van der Waals surface area contributed by atoms with Crippen LogP contribution in [0.5, 0.6) is 0 Å². The molecule has 19 heavy (non-hydrogen) atoms. The fourth-order valence-electron chi connectivity index (χ4n) is 2.30. The molecule has 0 aromatic heterocycles. The van der Waals surface area contributed by atoms with Crippen molar-refractivity contribution < 1.29 is 13.9 Å². The first kappa shape index (κ1) is 14.0. The fourth-order valence-corrected chi connectivity index (χ4v) is 2.30. The maximum Gasteiger partial charge on any atom is 0.224 e. The van der Waals surface area contributed by atoms with E-state index in [1.165, 1.54) is 12.1 Å². The Morgan fingerprint density at radius 3 is 2.74 bits per heavy atom. The van der Waals surface area contributed by atoms with Gasteiger partial charge in [0.1, 0.15) is 11.9 Å². The highest BCUT2D eigenvalue weighted by Crippen LogP contribution is 2.25. The van der Waals surface area contributed by atoms with Gasteiger partial charge < -0.3 is 15.4 Å². The summed E-state index contributed by atoms with van der Waals surface area (Å²) >= 11 is 0. The van der Waals surface area contributed by atoms with Crippen LogP contribution in [0.25, 0.3) is 0 Å². The molecule has 0 aliphatic carbocycles. The van der Waals surface area contributed by atoms with Crippen molar-refractivity contribution in [1.29, 1.82) is 0 Å². The van der Waals surface area contributed by atoms with Gasteiger partial charge in [-0.25, -0.2) is 4.39 Å². The van der Waals surface area contributed by atoms with Crippen molar-refractivity contribution in [2.45, 2.75) is 25.6 Å². The van der Waals surface area contributed by atoms with E-state index >= 15 is 0 Å². The van der Waals surface area contributed by atoms with E-state index in [1.54, 1.807) is 17.0 Å². The monoisotopic (exact) mass is 266 g/mol. The second-order valence-corrected chi connectivity index (χ2v) is 4.82. The van der Waals surface area contributed by atoms with Crippen LogP contribution < -0.4 is 5.73 Å². The lowest BCUT2D eigenvalue weighted by Crippen LogP contribution is -2.46. The van der Waals surface area contributed by atoms with Crippen molar-refractivity contribution in [3.8, 4) is 0 Å². The smallest absolute Gasteiger partial charge is 0.224 e. The van der Waals surface area contributed by atoms with Gasteiger partial charge in [0.05, 0.1) is 12.6 Å². The number of rotatable bonds is 3. The summed E-state index contributed by atoms with van der Waals surface area (Å²) in [6.07, 6.45) is 0.111. The molecular weight excluding hydrogens is 247 g/mol. The van der Waals surface area contributed by atoms with Crippen LogP contribution in [0, 0.1) is 5.82 Å². The van der Waals surface area contributed by atoms with Gasteiger partial charge in [-0.3, -0.25) is 4.79 Å². The second-order valence-electron chi connectivity index (χ2n) is 4.82. The Bertz CT molecular complexity index is 436. The quantitative estimate of drug-likeness (QED) is 0.901. The maximum absolute atomic E-state index is 12.9. The summed E-state index contributed by atoms with van der Waals surface area (Å²) < 4.78 is 18.7. The van der Waals surface area contributed by atoms with Crippen LogP contribution in [0.1, 0.15) is 25.0 Å². The van der Waals surface area contributed by atoms with E-state index < -0.39 is 0 Å². The minimum Gasteiger partial charge on any atom is -0.367 e. The summed E-state index contributed by atoms with van der Waals surface area (Å²) in [4.78, 5) is 13.7. The number of carbonyl (C=O) groups is 1. The van der Waals surface area contributed by atoms with Gasteiger partial charge in [-0.15, -0.1) is 0 Å². The molecule has 1 heterocycles. The molecule has 0 unspecified atom stereocenters. The first-order valence-electron chi connectivity index (χ1n) is 6.49. The summed E-state index contributed by atoms with van der Waals surface area (Å²) in [6.45, 7) is 3.36. The van der Waals surface area contributed by atoms with E-state index in [9.17, 15) is 9.18 Å². The van der Waals surface area contributed by atoms with Gasteiger partial charge in [-0.1, -0.05) is 12.1 Å². The molecular formula is C14H19FN2O2. The van der Waals surface area contributed by atoms with Gasteiger partial charge in [0.2, 0.25) is 5.91 Å². The third-order valence-electron chi connectivity index (χ3n) is 3.21. The molecule has 1 aromatic carbocycles. The van der Waals surface area contributed by atoms with Crippen molar-refractivity contribution in [3.63, 3.8) is 0 Å². The highest BCUT2D eigenvalue weighted by atomic mass is 19.1. The van der Waals surface area contributed by atoms with E-state index in [0.29, 0.717) is 26.1 Å². The van der Waals surface area contributed by atoms with Gasteiger partial charge in [0, 0.05) is 19.5 Å². The SMILES string of the molecule is C[C@@H]1CN(C(=O)CCN)C[C@H](c2ccc(F)cc2)O1. The number of benzene rings is 1. The first-order valence-corrected chi connectivity index (χ1v) is 6.49. The van der Waals surface area contributed by atoms with Gasteiger partial charge in [-0.2, -0.15) is 0 Å². The van der Waals surface area contributed by atoms with Crippen molar-refractivity contribution in [1.82, 2.24) is 4.90 Å². The number of halogens is 1. The van der Waals surface area contributed by atoms with Gasteiger partial charge in [0.15, 0.2) is 0 Å². The van der Waals surface area contributed by atoms with E-state index in [0.717, 1.165) is 5.56 Å².